The van der Waals surface area contributed by atoms with Crippen molar-refractivity contribution in [1.82, 2.24) is 19.9 Å². The van der Waals surface area contributed by atoms with Gasteiger partial charge in [-0.05, 0) is 23.3 Å². The maximum absolute atomic E-state index is 12.3. The molecule has 7 heteroatoms. The van der Waals surface area contributed by atoms with Gasteiger partial charge < -0.3 is 10.4 Å². The third-order valence-corrected chi connectivity index (χ3v) is 4.03. The largest absolute Gasteiger partial charge is 0.390 e. The third-order valence-electron chi connectivity index (χ3n) is 4.03. The molecule has 23 heavy (non-hydrogen) atoms. The minimum Gasteiger partial charge on any atom is -0.390 e. The topological polar surface area (TPSA) is 91.6 Å². The van der Waals surface area contributed by atoms with E-state index in [4.69, 9.17) is 0 Å². The van der Waals surface area contributed by atoms with E-state index >= 15 is 0 Å². The lowest BCUT2D eigenvalue weighted by molar-refractivity contribution is 0.144. The maximum atomic E-state index is 12.3. The van der Waals surface area contributed by atoms with E-state index in [1.54, 1.807) is 16.7 Å². The average molecular weight is 309 g/mol. The fourth-order valence-electron chi connectivity index (χ4n) is 2.95. The Morgan fingerprint density at radius 3 is 2.91 bits per heavy atom. The van der Waals surface area contributed by atoms with Crippen LogP contribution in [0.25, 0.3) is 5.65 Å². The van der Waals surface area contributed by atoms with E-state index in [0.717, 1.165) is 11.1 Å². The van der Waals surface area contributed by atoms with E-state index in [-0.39, 0.29) is 0 Å². The molecule has 2 atom stereocenters. The highest BCUT2D eigenvalue weighted by Crippen LogP contribution is 2.31. The van der Waals surface area contributed by atoms with E-state index < -0.39 is 18.2 Å². The molecule has 0 aliphatic heterocycles. The van der Waals surface area contributed by atoms with Gasteiger partial charge in [-0.25, -0.2) is 4.79 Å². The first kappa shape index (κ1) is 13.7. The molecule has 3 aromatic rings. The lowest BCUT2D eigenvalue weighted by Gasteiger charge is -2.17. The van der Waals surface area contributed by atoms with Gasteiger partial charge in [-0.15, -0.1) is 10.2 Å². The molecule has 0 radical (unpaired) electrons. The van der Waals surface area contributed by atoms with Gasteiger partial charge in [-0.2, -0.15) is 0 Å². The summed E-state index contributed by atoms with van der Waals surface area (Å²) in [5.41, 5.74) is 2.65. The number of aromatic nitrogens is 3. The van der Waals surface area contributed by atoms with Crippen LogP contribution in [0.4, 0.5) is 10.7 Å². The number of carbonyl (C=O) groups is 1. The second kappa shape index (κ2) is 5.36. The normalized spacial score (nSPS) is 19.5. The number of hydrogen-bond donors (Lipinski definition) is 3. The lowest BCUT2D eigenvalue weighted by Crippen LogP contribution is -2.37. The predicted molar refractivity (Wildman–Crippen MR) is 84.0 cm³/mol. The maximum Gasteiger partial charge on any atom is 0.322 e. The number of rotatable bonds is 2. The number of pyridine rings is 1. The van der Waals surface area contributed by atoms with Crippen LogP contribution in [0, 0.1) is 0 Å². The molecule has 7 nitrogen and oxygen atoms in total. The van der Waals surface area contributed by atoms with Crippen LogP contribution in [0.3, 0.4) is 0 Å². The van der Waals surface area contributed by atoms with Crippen molar-refractivity contribution >= 4 is 17.6 Å². The zero-order chi connectivity index (χ0) is 15.8. The van der Waals surface area contributed by atoms with E-state index in [9.17, 15) is 9.90 Å². The third kappa shape index (κ3) is 2.40. The van der Waals surface area contributed by atoms with E-state index in [2.05, 4.69) is 20.8 Å². The number of urea groups is 1. The Morgan fingerprint density at radius 2 is 2.00 bits per heavy atom. The Bertz CT molecular complexity index is 876. The van der Waals surface area contributed by atoms with E-state index in [0.29, 0.717) is 18.0 Å². The molecule has 0 bridgehead atoms. The highest BCUT2D eigenvalue weighted by molar-refractivity contribution is 5.88. The number of anilines is 1. The number of aliphatic hydroxyl groups excluding tert-OH is 1. The standard InChI is InChI=1S/C16H15N5O2/c22-12-9-10-5-1-2-6-11(10)14(12)17-16(23)18-15-20-19-13-7-3-4-8-21(13)15/h1-8,12,14,22H,9H2,(H2,17,18,20,23)/t12-,14+/m1/s1. The summed E-state index contributed by atoms with van der Waals surface area (Å²) in [7, 11) is 0. The van der Waals surface area contributed by atoms with Crippen molar-refractivity contribution in [2.75, 3.05) is 5.32 Å². The van der Waals surface area contributed by atoms with Gasteiger partial charge in [0.05, 0.1) is 12.1 Å². The van der Waals surface area contributed by atoms with Gasteiger partial charge in [0.2, 0.25) is 5.95 Å². The van der Waals surface area contributed by atoms with Crippen LogP contribution in [0.1, 0.15) is 17.2 Å². The Morgan fingerprint density at radius 1 is 1.17 bits per heavy atom. The van der Waals surface area contributed by atoms with Crippen LogP contribution in [0.5, 0.6) is 0 Å². The summed E-state index contributed by atoms with van der Waals surface area (Å²) in [6.45, 7) is 0. The van der Waals surface area contributed by atoms with Crippen molar-refractivity contribution in [3.8, 4) is 0 Å². The Balaban J connectivity index is 1.52. The summed E-state index contributed by atoms with van der Waals surface area (Å²) < 4.78 is 1.68. The van der Waals surface area contributed by atoms with Gasteiger partial charge in [-0.1, -0.05) is 30.3 Å². The fourth-order valence-corrected chi connectivity index (χ4v) is 2.95. The highest BCUT2D eigenvalue weighted by Gasteiger charge is 2.32. The minimum atomic E-state index is -0.631. The van der Waals surface area contributed by atoms with Crippen LogP contribution in [0.2, 0.25) is 0 Å². The van der Waals surface area contributed by atoms with Gasteiger partial charge in [0.15, 0.2) is 5.65 Å². The SMILES string of the molecule is O=C(Nc1nnc2ccccn12)N[C@H]1c2ccccc2C[C@H]1O. The summed E-state index contributed by atoms with van der Waals surface area (Å²) >= 11 is 0. The van der Waals surface area contributed by atoms with E-state index in [1.807, 2.05) is 36.4 Å². The summed E-state index contributed by atoms with van der Waals surface area (Å²) in [4.78, 5) is 12.3. The van der Waals surface area contributed by atoms with Gasteiger partial charge in [0, 0.05) is 12.6 Å². The number of aliphatic hydroxyl groups is 1. The summed E-state index contributed by atoms with van der Waals surface area (Å²) in [6.07, 6.45) is 1.67. The monoisotopic (exact) mass is 309 g/mol. The van der Waals surface area contributed by atoms with Gasteiger partial charge >= 0.3 is 6.03 Å². The van der Waals surface area contributed by atoms with Crippen LogP contribution < -0.4 is 10.6 Å². The molecule has 2 amide bonds. The number of amides is 2. The molecule has 0 saturated carbocycles. The minimum absolute atomic E-state index is 0.332. The molecule has 1 aromatic carbocycles. The van der Waals surface area contributed by atoms with Crippen molar-refractivity contribution in [3.63, 3.8) is 0 Å². The highest BCUT2D eigenvalue weighted by atomic mass is 16.3. The van der Waals surface area contributed by atoms with Gasteiger partial charge in [0.25, 0.3) is 0 Å². The molecular weight excluding hydrogens is 294 g/mol. The van der Waals surface area contributed by atoms with Crippen LogP contribution >= 0.6 is 0 Å². The molecule has 2 aromatic heterocycles. The van der Waals surface area contributed by atoms with E-state index in [1.165, 1.54) is 0 Å². The number of nitrogens with zero attached hydrogens (tertiary/aromatic N) is 3. The first-order chi connectivity index (χ1) is 11.2. The quantitative estimate of drug-likeness (QED) is 0.669. The molecule has 0 fully saturated rings. The smallest absolute Gasteiger partial charge is 0.322 e. The van der Waals surface area contributed by atoms with Crippen LogP contribution in [0.15, 0.2) is 48.7 Å². The van der Waals surface area contributed by atoms with Gasteiger partial charge in [-0.3, -0.25) is 9.72 Å². The Labute approximate surface area is 132 Å². The number of benzene rings is 1. The Kier molecular flexibility index (Phi) is 3.20. The van der Waals surface area contributed by atoms with Crippen LogP contribution in [-0.4, -0.2) is 31.8 Å². The lowest BCUT2D eigenvalue weighted by atomic mass is 10.1. The molecule has 2 heterocycles. The van der Waals surface area contributed by atoms with Gasteiger partial charge in [0.1, 0.15) is 0 Å². The molecule has 4 rings (SSSR count). The number of nitrogens with one attached hydrogen (secondary N) is 2. The zero-order valence-electron chi connectivity index (χ0n) is 12.2. The van der Waals surface area contributed by atoms with Crippen molar-refractivity contribution in [2.24, 2.45) is 0 Å². The number of fused-ring (bicyclic) bond motifs is 2. The summed E-state index contributed by atoms with van der Waals surface area (Å²) in [5, 5.41) is 23.6. The zero-order valence-corrected chi connectivity index (χ0v) is 12.2. The van der Waals surface area contributed by atoms with Crippen molar-refractivity contribution < 1.29 is 9.90 Å². The molecule has 0 spiro atoms. The molecule has 1 aliphatic rings. The van der Waals surface area contributed by atoms with Crippen LogP contribution in [-0.2, 0) is 6.42 Å². The molecule has 1 aliphatic carbocycles. The average Bonchev–Trinajstić information content (AvgIpc) is 3.10. The number of carbonyl (C=O) groups excluding carboxylic acids is 1. The number of hydrogen-bond acceptors (Lipinski definition) is 4. The fraction of sp³-hybridized carbons (Fsp3) is 0.188. The predicted octanol–water partition coefficient (Wildman–Crippen LogP) is 1.51. The molecular formula is C16H15N5O2. The first-order valence-corrected chi connectivity index (χ1v) is 7.35. The molecule has 3 N–H and O–H groups in total. The van der Waals surface area contributed by atoms with Crippen molar-refractivity contribution in [2.45, 2.75) is 18.6 Å². The molecule has 116 valence electrons. The first-order valence-electron chi connectivity index (χ1n) is 7.35. The summed E-state index contributed by atoms with van der Waals surface area (Å²) in [5.74, 6) is 0.332. The second-order valence-electron chi connectivity index (χ2n) is 5.50. The second-order valence-corrected chi connectivity index (χ2v) is 5.50. The molecule has 0 saturated heterocycles. The summed E-state index contributed by atoms with van der Waals surface area (Å²) in [6, 6.07) is 12.3. The Hall–Kier alpha value is -2.93. The molecule has 0 unspecified atom stereocenters. The van der Waals surface area contributed by atoms with Crippen molar-refractivity contribution in [1.29, 1.82) is 0 Å². The van der Waals surface area contributed by atoms with Crippen molar-refractivity contribution in [3.05, 3.63) is 59.8 Å².